The molecule has 0 unspecified atom stereocenters. The van der Waals surface area contributed by atoms with Crippen LogP contribution in [-0.4, -0.2) is 69.6 Å². The van der Waals surface area contributed by atoms with Crippen molar-refractivity contribution in [2.45, 2.75) is 51.7 Å². The van der Waals surface area contributed by atoms with Gasteiger partial charge in [0.15, 0.2) is 0 Å². The summed E-state index contributed by atoms with van der Waals surface area (Å²) in [6, 6.07) is 13.6. The third-order valence-electron chi connectivity index (χ3n) is 8.00. The molecule has 2 aromatic carbocycles. The van der Waals surface area contributed by atoms with Crippen molar-refractivity contribution < 1.29 is 19.1 Å². The van der Waals surface area contributed by atoms with Gasteiger partial charge in [0, 0.05) is 43.6 Å². The number of likely N-dealkylation sites (tertiary alicyclic amines) is 1. The summed E-state index contributed by atoms with van der Waals surface area (Å²) >= 11 is 0. The highest BCUT2D eigenvalue weighted by atomic mass is 16.5. The Hall–Kier alpha value is -4.67. The van der Waals surface area contributed by atoms with Crippen molar-refractivity contribution in [1.82, 2.24) is 18.9 Å². The highest BCUT2D eigenvalue weighted by molar-refractivity contribution is 5.91. The molecule has 2 aliphatic heterocycles. The smallest absolute Gasteiger partial charge is 0.337 e. The number of ether oxygens (including phenoxy) is 1. The topological polar surface area (TPSA) is 123 Å². The van der Waals surface area contributed by atoms with Gasteiger partial charge in [-0.15, -0.1) is 0 Å². The first-order valence-electron chi connectivity index (χ1n) is 14.2. The standard InChI is InChI=1S/C31H35N5O6/c1-20(2)36-28(38)25(22-8-6-9-23(17-22)29(39)42-3)18-34(31(36)41)19-27(37)33-14-12-24(13-15-33)35-16-11-21-7-4-5-10-26(21)32-30(35)40/h4-10,17-18,20,24H,11-16,19H2,1-3H3,(H,32,40). The third kappa shape index (κ3) is 5.72. The van der Waals surface area contributed by atoms with Crippen molar-refractivity contribution in [1.29, 1.82) is 0 Å². The molecule has 0 spiro atoms. The van der Waals surface area contributed by atoms with Crippen LogP contribution in [0.25, 0.3) is 11.1 Å². The first-order valence-corrected chi connectivity index (χ1v) is 14.2. The van der Waals surface area contributed by atoms with Crippen LogP contribution >= 0.6 is 0 Å². The van der Waals surface area contributed by atoms with Crippen molar-refractivity contribution in [2.75, 3.05) is 32.1 Å². The van der Waals surface area contributed by atoms with Crippen LogP contribution in [0.1, 0.15) is 48.7 Å². The number of benzene rings is 2. The Labute approximate surface area is 243 Å². The summed E-state index contributed by atoms with van der Waals surface area (Å²) in [7, 11) is 1.27. The average Bonchev–Trinajstić information content (AvgIpc) is 3.16. The Kier molecular flexibility index (Phi) is 8.28. The molecule has 11 nitrogen and oxygen atoms in total. The van der Waals surface area contributed by atoms with E-state index in [4.69, 9.17) is 4.74 Å². The number of amides is 3. The summed E-state index contributed by atoms with van der Waals surface area (Å²) in [5.74, 6) is -0.790. The monoisotopic (exact) mass is 573 g/mol. The lowest BCUT2D eigenvalue weighted by molar-refractivity contribution is -0.133. The number of piperidine rings is 1. The molecule has 0 aliphatic carbocycles. The van der Waals surface area contributed by atoms with Crippen molar-refractivity contribution in [3.8, 4) is 11.1 Å². The van der Waals surface area contributed by atoms with Gasteiger partial charge in [0.25, 0.3) is 5.56 Å². The molecule has 3 amide bonds. The molecule has 11 heteroatoms. The maximum atomic E-state index is 13.4. The molecule has 1 N–H and O–H groups in total. The SMILES string of the molecule is COC(=O)c1cccc(-c2cn(CC(=O)N3CCC(N4CCc5ccccc5NC4=O)CC3)c(=O)n(C(C)C)c2=O)c1. The fraction of sp³-hybridized carbons (Fsp3) is 0.387. The van der Waals surface area contributed by atoms with E-state index in [1.165, 1.54) is 23.9 Å². The van der Waals surface area contributed by atoms with E-state index >= 15 is 0 Å². The van der Waals surface area contributed by atoms with Crippen molar-refractivity contribution >= 4 is 23.6 Å². The lowest BCUT2D eigenvalue weighted by Crippen LogP contribution is -2.51. The number of carbonyl (C=O) groups excluding carboxylic acids is 3. The van der Waals surface area contributed by atoms with Crippen LogP contribution in [0.3, 0.4) is 0 Å². The molecule has 1 fully saturated rings. The number of fused-ring (bicyclic) bond motifs is 1. The molecule has 2 aliphatic rings. The van der Waals surface area contributed by atoms with E-state index in [2.05, 4.69) is 5.32 Å². The Bertz CT molecular complexity index is 1630. The minimum atomic E-state index is -0.577. The van der Waals surface area contributed by atoms with E-state index in [9.17, 15) is 24.0 Å². The zero-order valence-electron chi connectivity index (χ0n) is 24.0. The second-order valence-corrected chi connectivity index (χ2v) is 10.9. The maximum Gasteiger partial charge on any atom is 0.337 e. The van der Waals surface area contributed by atoms with E-state index in [0.717, 1.165) is 22.2 Å². The van der Waals surface area contributed by atoms with Crippen LogP contribution in [-0.2, 0) is 22.5 Å². The summed E-state index contributed by atoms with van der Waals surface area (Å²) in [5, 5.41) is 3.01. The predicted molar refractivity (Wildman–Crippen MR) is 158 cm³/mol. The van der Waals surface area contributed by atoms with E-state index < -0.39 is 23.3 Å². The number of anilines is 1. The predicted octanol–water partition coefficient (Wildman–Crippen LogP) is 3.13. The number of aromatic nitrogens is 2. The van der Waals surface area contributed by atoms with E-state index in [1.807, 2.05) is 29.2 Å². The molecule has 3 aromatic rings. The number of hydrogen-bond acceptors (Lipinski definition) is 6. The van der Waals surface area contributed by atoms with Crippen LogP contribution in [0.5, 0.6) is 0 Å². The van der Waals surface area contributed by atoms with Gasteiger partial charge in [0.05, 0.1) is 18.2 Å². The Morgan fingerprint density at radius 3 is 2.45 bits per heavy atom. The number of rotatable bonds is 6. The lowest BCUT2D eigenvalue weighted by atomic mass is 10.0. The van der Waals surface area contributed by atoms with Crippen LogP contribution in [0, 0.1) is 0 Å². The van der Waals surface area contributed by atoms with Crippen LogP contribution in [0.15, 0.2) is 64.3 Å². The molecule has 0 bridgehead atoms. The first-order chi connectivity index (χ1) is 20.2. The van der Waals surface area contributed by atoms with Crippen molar-refractivity contribution in [3.63, 3.8) is 0 Å². The van der Waals surface area contributed by atoms with Crippen molar-refractivity contribution in [3.05, 3.63) is 86.7 Å². The Morgan fingerprint density at radius 2 is 1.74 bits per heavy atom. The maximum absolute atomic E-state index is 13.4. The minimum Gasteiger partial charge on any atom is -0.465 e. The van der Waals surface area contributed by atoms with E-state index in [-0.39, 0.29) is 35.7 Å². The molecule has 5 rings (SSSR count). The highest BCUT2D eigenvalue weighted by Crippen LogP contribution is 2.25. The van der Waals surface area contributed by atoms with Gasteiger partial charge in [-0.1, -0.05) is 30.3 Å². The van der Waals surface area contributed by atoms with Crippen LogP contribution in [0.4, 0.5) is 10.5 Å². The fourth-order valence-electron chi connectivity index (χ4n) is 5.73. The highest BCUT2D eigenvalue weighted by Gasteiger charge is 2.31. The summed E-state index contributed by atoms with van der Waals surface area (Å²) in [6.45, 7) is 4.73. The number of urea groups is 1. The molecule has 42 heavy (non-hydrogen) atoms. The molecule has 1 saturated heterocycles. The van der Waals surface area contributed by atoms with Crippen LogP contribution < -0.4 is 16.6 Å². The van der Waals surface area contributed by atoms with E-state index in [1.54, 1.807) is 36.9 Å². The Balaban J connectivity index is 1.32. The zero-order chi connectivity index (χ0) is 30.0. The van der Waals surface area contributed by atoms with Gasteiger partial charge in [0.1, 0.15) is 6.54 Å². The van der Waals surface area contributed by atoms with Gasteiger partial charge >= 0.3 is 17.7 Å². The first kappa shape index (κ1) is 28.8. The number of esters is 1. The Morgan fingerprint density at radius 1 is 1.00 bits per heavy atom. The normalized spacial score (nSPS) is 15.7. The number of para-hydroxylation sites is 1. The second-order valence-electron chi connectivity index (χ2n) is 10.9. The fourth-order valence-corrected chi connectivity index (χ4v) is 5.73. The second kappa shape index (κ2) is 12.1. The summed E-state index contributed by atoms with van der Waals surface area (Å²) < 4.78 is 7.18. The minimum absolute atomic E-state index is 0.00243. The van der Waals surface area contributed by atoms with Gasteiger partial charge in [-0.2, -0.15) is 0 Å². The largest absolute Gasteiger partial charge is 0.465 e. The molecule has 1 aromatic heterocycles. The molecule has 220 valence electrons. The van der Waals surface area contributed by atoms with Crippen LogP contribution in [0.2, 0.25) is 0 Å². The summed E-state index contributed by atoms with van der Waals surface area (Å²) in [4.78, 5) is 68.6. The molecule has 3 heterocycles. The molecule has 0 saturated carbocycles. The number of hydrogen-bond donors (Lipinski definition) is 1. The van der Waals surface area contributed by atoms with Gasteiger partial charge in [-0.3, -0.25) is 18.7 Å². The number of nitrogens with one attached hydrogen (secondary N) is 1. The molecular weight excluding hydrogens is 538 g/mol. The summed E-state index contributed by atoms with van der Waals surface area (Å²) in [6.07, 6.45) is 3.40. The number of nitrogens with zero attached hydrogens (tertiary/aromatic N) is 4. The van der Waals surface area contributed by atoms with Gasteiger partial charge < -0.3 is 19.9 Å². The quantitative estimate of drug-likeness (QED) is 0.452. The van der Waals surface area contributed by atoms with Crippen molar-refractivity contribution in [2.24, 2.45) is 0 Å². The van der Waals surface area contributed by atoms with E-state index in [0.29, 0.717) is 38.0 Å². The molecular formula is C31H35N5O6. The van der Waals surface area contributed by atoms with Gasteiger partial charge in [0.2, 0.25) is 5.91 Å². The summed E-state index contributed by atoms with van der Waals surface area (Å²) in [5.41, 5.74) is 1.77. The zero-order valence-corrected chi connectivity index (χ0v) is 24.0. The lowest BCUT2D eigenvalue weighted by Gasteiger charge is -2.38. The number of methoxy groups -OCH3 is 1. The van der Waals surface area contributed by atoms with Gasteiger partial charge in [-0.05, 0) is 62.4 Å². The third-order valence-corrected chi connectivity index (χ3v) is 8.00. The molecule has 0 radical (unpaired) electrons. The molecule has 0 atom stereocenters. The number of carbonyl (C=O) groups is 3. The van der Waals surface area contributed by atoms with Gasteiger partial charge in [-0.25, -0.2) is 14.4 Å². The average molecular weight is 574 g/mol.